The van der Waals surface area contributed by atoms with E-state index >= 15 is 0 Å². The van der Waals surface area contributed by atoms with Gasteiger partial charge in [0.05, 0.1) is 6.33 Å². The van der Waals surface area contributed by atoms with Crippen LogP contribution in [0.5, 0.6) is 5.75 Å². The topological polar surface area (TPSA) is 204 Å². The number of ether oxygens (including phenoxy) is 2. The smallest absolute Gasteiger partial charge is 0.410 e. The predicted molar refractivity (Wildman–Crippen MR) is 139 cm³/mol. The van der Waals surface area contributed by atoms with Crippen molar-refractivity contribution in [2.24, 2.45) is 5.92 Å². The summed E-state index contributed by atoms with van der Waals surface area (Å²) in [4.78, 5) is 39.8. The summed E-state index contributed by atoms with van der Waals surface area (Å²) in [5.74, 6) is 0.779. The number of likely N-dealkylation sites (tertiary alicyclic amines) is 1. The minimum absolute atomic E-state index is 0.173. The second kappa shape index (κ2) is 11.0. The number of carbonyl (C=O) groups is 2. The molecular weight excluding hydrogens is 508 g/mol. The molecule has 2 saturated heterocycles. The Bertz CT molecular complexity index is 1340. The largest absolute Gasteiger partial charge is 0.415 e. The van der Waals surface area contributed by atoms with Gasteiger partial charge in [-0.15, -0.1) is 0 Å². The number of aliphatic hydroxyl groups excluding tert-OH is 2. The zero-order chi connectivity index (χ0) is 27.7. The number of amides is 2. The van der Waals surface area contributed by atoms with Crippen molar-refractivity contribution in [1.29, 1.82) is 0 Å². The van der Waals surface area contributed by atoms with E-state index in [0.717, 1.165) is 12.8 Å². The molecule has 208 valence electrons. The highest BCUT2D eigenvalue weighted by atomic mass is 16.6. The molecule has 5 rings (SSSR count). The van der Waals surface area contributed by atoms with Crippen molar-refractivity contribution in [3.63, 3.8) is 0 Å². The number of benzene rings is 1. The Morgan fingerprint density at radius 3 is 2.54 bits per heavy atom. The van der Waals surface area contributed by atoms with E-state index in [1.165, 1.54) is 10.9 Å². The van der Waals surface area contributed by atoms with E-state index in [1.54, 1.807) is 36.1 Å². The van der Waals surface area contributed by atoms with Crippen LogP contribution >= 0.6 is 0 Å². The Balaban J connectivity index is 1.25. The fourth-order valence-corrected chi connectivity index (χ4v) is 4.92. The average molecular weight is 541 g/mol. The quantitative estimate of drug-likeness (QED) is 0.267. The summed E-state index contributed by atoms with van der Waals surface area (Å²) >= 11 is 0. The maximum atomic E-state index is 12.5. The molecule has 0 aliphatic carbocycles. The Hall–Kier alpha value is -4.01. The highest BCUT2D eigenvalue weighted by molar-refractivity contribution is 5.83. The van der Waals surface area contributed by atoms with Crippen molar-refractivity contribution < 1.29 is 29.3 Å². The third kappa shape index (κ3) is 5.44. The molecule has 2 aliphatic heterocycles. The van der Waals surface area contributed by atoms with Crippen LogP contribution in [0.15, 0.2) is 30.6 Å². The van der Waals surface area contributed by atoms with E-state index in [2.05, 4.69) is 20.3 Å². The molecule has 3 aromatic rings. The van der Waals surface area contributed by atoms with E-state index in [9.17, 15) is 19.8 Å². The zero-order valence-electron chi connectivity index (χ0n) is 21.4. The molecule has 2 amide bonds. The first-order valence-corrected chi connectivity index (χ1v) is 12.9. The van der Waals surface area contributed by atoms with E-state index in [1.807, 2.05) is 0 Å². The van der Waals surface area contributed by atoms with Gasteiger partial charge >= 0.3 is 6.09 Å². The first-order chi connectivity index (χ1) is 18.7. The van der Waals surface area contributed by atoms with Gasteiger partial charge in [-0.1, -0.05) is 0 Å². The van der Waals surface area contributed by atoms with E-state index in [0.29, 0.717) is 54.5 Å². The van der Waals surface area contributed by atoms with Gasteiger partial charge < -0.3 is 41.4 Å². The van der Waals surface area contributed by atoms with Crippen LogP contribution in [0.4, 0.5) is 16.3 Å². The monoisotopic (exact) mass is 540 g/mol. The number of piperidine rings is 1. The first-order valence-electron chi connectivity index (χ1n) is 12.9. The van der Waals surface area contributed by atoms with Crippen molar-refractivity contribution in [3.05, 3.63) is 36.4 Å². The number of hydrogen-bond donors (Lipinski definition) is 5. The minimum atomic E-state index is -1.42. The number of imidazole rings is 1. The lowest BCUT2D eigenvalue weighted by molar-refractivity contribution is -0.137. The van der Waals surface area contributed by atoms with Gasteiger partial charge in [-0.3, -0.25) is 9.36 Å². The number of anilines is 2. The summed E-state index contributed by atoms with van der Waals surface area (Å²) in [7, 11) is 0. The molecule has 14 heteroatoms. The number of fused-ring (bicyclic) bond motifs is 1. The number of nitrogens with zero attached hydrogens (tertiary/aromatic N) is 5. The lowest BCUT2D eigenvalue weighted by Gasteiger charge is -2.31. The summed E-state index contributed by atoms with van der Waals surface area (Å²) in [6.45, 7) is 3.15. The molecule has 2 aromatic heterocycles. The van der Waals surface area contributed by atoms with Gasteiger partial charge in [0.2, 0.25) is 0 Å². The molecule has 7 N–H and O–H groups in total. The van der Waals surface area contributed by atoms with Gasteiger partial charge in [-0.05, 0) is 49.9 Å². The van der Waals surface area contributed by atoms with Crippen LogP contribution in [-0.4, -0.2) is 84.6 Å². The second-order valence-electron chi connectivity index (χ2n) is 9.74. The number of hydrogen-bond acceptors (Lipinski definition) is 11. The lowest BCUT2D eigenvalue weighted by Crippen LogP contribution is -2.42. The summed E-state index contributed by atoms with van der Waals surface area (Å²) in [6.07, 6.45) is -2.18. The highest BCUT2D eigenvalue weighted by Gasteiger charge is 2.47. The van der Waals surface area contributed by atoms with Crippen LogP contribution < -0.4 is 21.5 Å². The molecule has 39 heavy (non-hydrogen) atoms. The van der Waals surface area contributed by atoms with Gasteiger partial charge in [-0.25, -0.2) is 19.7 Å². The number of aliphatic hydroxyl groups is 2. The Morgan fingerprint density at radius 1 is 1.13 bits per heavy atom. The second-order valence-corrected chi connectivity index (χ2v) is 9.74. The zero-order valence-corrected chi connectivity index (χ0v) is 21.4. The fourth-order valence-electron chi connectivity index (χ4n) is 4.92. The van der Waals surface area contributed by atoms with Crippen molar-refractivity contribution in [2.45, 2.75) is 50.7 Å². The molecule has 4 atom stereocenters. The molecule has 4 heterocycles. The third-order valence-corrected chi connectivity index (χ3v) is 7.05. The minimum Gasteiger partial charge on any atom is -0.410 e. The molecule has 1 aromatic carbocycles. The van der Waals surface area contributed by atoms with Gasteiger partial charge in [0.25, 0.3) is 5.91 Å². The van der Waals surface area contributed by atoms with Crippen LogP contribution in [0.3, 0.4) is 0 Å². The molecule has 2 fully saturated rings. The summed E-state index contributed by atoms with van der Waals surface area (Å²) in [6, 6.07) is 6.65. The van der Waals surface area contributed by atoms with Crippen molar-refractivity contribution in [3.8, 4) is 5.75 Å². The van der Waals surface area contributed by atoms with Crippen molar-refractivity contribution >= 4 is 34.7 Å². The Kier molecular flexibility index (Phi) is 7.50. The molecular formula is C25H32N8O6. The normalized spacial score (nSPS) is 23.7. The van der Waals surface area contributed by atoms with Gasteiger partial charge in [0, 0.05) is 31.7 Å². The SMILES string of the molecule is CCNC(=O)[C@H]1O[C@@H](n2cnc3c(N)nc(CC4CCN(C(=O)Oc5ccc(N)cc5)CC4)nc32)C(O)C1O. The van der Waals surface area contributed by atoms with Crippen LogP contribution in [0, 0.1) is 5.92 Å². The van der Waals surface area contributed by atoms with Crippen molar-refractivity contribution in [1.82, 2.24) is 29.7 Å². The molecule has 0 radical (unpaired) electrons. The van der Waals surface area contributed by atoms with Crippen molar-refractivity contribution in [2.75, 3.05) is 31.1 Å². The van der Waals surface area contributed by atoms with E-state index in [4.69, 9.17) is 20.9 Å². The predicted octanol–water partition coefficient (Wildman–Crippen LogP) is 0.200. The number of nitrogens with two attached hydrogens (primary N) is 2. The highest BCUT2D eigenvalue weighted by Crippen LogP contribution is 2.33. The lowest BCUT2D eigenvalue weighted by atomic mass is 9.93. The van der Waals surface area contributed by atoms with Crippen LogP contribution in [0.2, 0.25) is 0 Å². The maximum Gasteiger partial charge on any atom is 0.415 e. The number of rotatable bonds is 6. The van der Waals surface area contributed by atoms with E-state index in [-0.39, 0.29) is 11.7 Å². The molecule has 0 saturated carbocycles. The Morgan fingerprint density at radius 2 is 1.85 bits per heavy atom. The van der Waals surface area contributed by atoms with Crippen LogP contribution in [0.1, 0.15) is 31.8 Å². The molecule has 0 spiro atoms. The van der Waals surface area contributed by atoms with Gasteiger partial charge in [0.15, 0.2) is 23.8 Å². The standard InChI is InChI=1S/C25H32N8O6/c1-2-28-23(36)20-18(34)19(35)24(39-20)33-12-29-17-21(27)30-16(31-22(17)33)11-13-7-9-32(10-8-13)25(37)38-15-5-3-14(26)4-6-15/h3-6,12-13,18-20,24,34-35H,2,7-11,26H2,1H3,(H,28,36)(H2,27,30,31)/t18?,19?,20-,24+/m0/s1. The number of nitrogens with one attached hydrogen (secondary N) is 1. The van der Waals surface area contributed by atoms with Crippen LogP contribution in [-0.2, 0) is 16.0 Å². The molecule has 14 nitrogen and oxygen atoms in total. The van der Waals surface area contributed by atoms with Gasteiger partial charge in [-0.2, -0.15) is 0 Å². The van der Waals surface area contributed by atoms with Crippen LogP contribution in [0.25, 0.3) is 11.2 Å². The number of nitrogen functional groups attached to an aromatic ring is 2. The summed E-state index contributed by atoms with van der Waals surface area (Å²) in [5, 5.41) is 23.6. The average Bonchev–Trinajstić information content (AvgIpc) is 3.47. The fraction of sp³-hybridized carbons (Fsp3) is 0.480. The van der Waals surface area contributed by atoms with E-state index < -0.39 is 36.5 Å². The third-order valence-electron chi connectivity index (χ3n) is 7.05. The number of aromatic nitrogens is 4. The summed E-state index contributed by atoms with van der Waals surface area (Å²) < 4.78 is 12.6. The van der Waals surface area contributed by atoms with Gasteiger partial charge in [0.1, 0.15) is 29.3 Å². The molecule has 2 aliphatic rings. The Labute approximate surface area is 223 Å². The number of carbonyl (C=O) groups excluding carboxylic acids is 2. The molecule has 2 unspecified atom stereocenters. The maximum absolute atomic E-state index is 12.5. The molecule has 0 bridgehead atoms. The first kappa shape index (κ1) is 26.6. The number of likely N-dealkylation sites (N-methyl/N-ethyl adjacent to an activating group) is 1. The summed E-state index contributed by atoms with van der Waals surface area (Å²) in [5.41, 5.74) is 13.1.